The van der Waals surface area contributed by atoms with E-state index in [1.807, 2.05) is 6.07 Å². The fourth-order valence-corrected chi connectivity index (χ4v) is 4.38. The first-order valence-corrected chi connectivity index (χ1v) is 11.7. The molecule has 1 aliphatic rings. The van der Waals surface area contributed by atoms with E-state index in [-0.39, 0.29) is 39.2 Å². The normalized spacial score (nSPS) is 14.9. The topological polar surface area (TPSA) is 75.7 Å². The van der Waals surface area contributed by atoms with E-state index in [1.54, 1.807) is 37.3 Å². The van der Waals surface area contributed by atoms with Crippen LogP contribution in [0.2, 0.25) is 20.1 Å². The second-order valence-corrected chi connectivity index (χ2v) is 9.26. The van der Waals surface area contributed by atoms with Gasteiger partial charge in [-0.1, -0.05) is 70.7 Å². The number of benzene rings is 3. The molecule has 0 bridgehead atoms. The second kappa shape index (κ2) is 10.3. The average Bonchev–Trinajstić information content (AvgIpc) is 2.79. The number of rotatable bonds is 5. The Morgan fingerprint density at radius 3 is 2.40 bits per heavy atom. The van der Waals surface area contributed by atoms with E-state index in [4.69, 9.17) is 51.1 Å². The average molecular weight is 550 g/mol. The van der Waals surface area contributed by atoms with Crippen molar-refractivity contribution in [1.29, 1.82) is 0 Å². The van der Waals surface area contributed by atoms with Crippen molar-refractivity contribution >= 4 is 76.0 Å². The van der Waals surface area contributed by atoms with Crippen LogP contribution >= 0.6 is 46.4 Å². The van der Waals surface area contributed by atoms with Gasteiger partial charge in [-0.3, -0.25) is 14.9 Å². The number of halogens is 4. The van der Waals surface area contributed by atoms with Gasteiger partial charge in [-0.05, 0) is 48.9 Å². The van der Waals surface area contributed by atoms with E-state index >= 15 is 0 Å². The third-order valence-electron chi connectivity index (χ3n) is 5.18. The Kier molecular flexibility index (Phi) is 7.38. The largest absolute Gasteiger partial charge is 0.487 e. The molecule has 1 N–H and O–H groups in total. The summed E-state index contributed by atoms with van der Waals surface area (Å²) < 4.78 is 5.91. The summed E-state index contributed by atoms with van der Waals surface area (Å²) in [7, 11) is 0. The summed E-state index contributed by atoms with van der Waals surface area (Å²) in [4.78, 5) is 39.4. The van der Waals surface area contributed by atoms with Crippen LogP contribution in [0.4, 0.5) is 10.5 Å². The van der Waals surface area contributed by atoms with Gasteiger partial charge >= 0.3 is 6.03 Å². The lowest BCUT2D eigenvalue weighted by molar-refractivity contribution is -0.122. The zero-order valence-electron chi connectivity index (χ0n) is 18.1. The van der Waals surface area contributed by atoms with E-state index in [9.17, 15) is 14.4 Å². The molecule has 0 atom stereocenters. The third-order valence-corrected chi connectivity index (χ3v) is 6.28. The molecular formula is C25H16Cl4N2O4. The molecular weight excluding hydrogens is 534 g/mol. The van der Waals surface area contributed by atoms with Crippen molar-refractivity contribution in [2.75, 3.05) is 4.90 Å². The van der Waals surface area contributed by atoms with Crippen molar-refractivity contribution < 1.29 is 19.1 Å². The smallest absolute Gasteiger partial charge is 0.335 e. The Hall–Kier alpha value is -3.03. The number of aryl methyl sites for hydroxylation is 1. The molecule has 1 aliphatic heterocycles. The van der Waals surface area contributed by atoms with Crippen LogP contribution < -0.4 is 15.0 Å². The number of hydrogen-bond donors (Lipinski definition) is 1. The first-order chi connectivity index (χ1) is 16.7. The van der Waals surface area contributed by atoms with E-state index in [1.165, 1.54) is 24.3 Å². The highest BCUT2D eigenvalue weighted by Gasteiger charge is 2.37. The number of urea groups is 1. The first-order valence-electron chi connectivity index (χ1n) is 10.2. The zero-order valence-corrected chi connectivity index (χ0v) is 21.1. The van der Waals surface area contributed by atoms with E-state index in [0.717, 1.165) is 4.90 Å². The summed E-state index contributed by atoms with van der Waals surface area (Å²) >= 11 is 24.8. The minimum atomic E-state index is -0.887. The molecule has 1 saturated heterocycles. The number of carbonyl (C=O) groups excluding carboxylic acids is 3. The van der Waals surface area contributed by atoms with Crippen molar-refractivity contribution in [3.63, 3.8) is 0 Å². The molecule has 3 aromatic rings. The Labute approximate surface area is 221 Å². The number of hydrogen-bond acceptors (Lipinski definition) is 4. The molecule has 0 aromatic heterocycles. The Morgan fingerprint density at radius 1 is 0.914 bits per heavy atom. The van der Waals surface area contributed by atoms with E-state index in [0.29, 0.717) is 21.2 Å². The standard InChI is InChI=1S/C25H16Cl4N2O4/c1-13-6-7-16(26)11-21(13)31-24(33)18(23(32)30-25(31)34)9-15-8-17(27)10-20(29)22(15)35-12-14-4-2-3-5-19(14)28/h2-11H,12H2,1H3,(H,30,32,34)/b18-9+. The van der Waals surface area contributed by atoms with E-state index < -0.39 is 17.8 Å². The van der Waals surface area contributed by atoms with Crippen molar-refractivity contribution in [3.8, 4) is 5.75 Å². The Morgan fingerprint density at radius 2 is 1.66 bits per heavy atom. The van der Waals surface area contributed by atoms with E-state index in [2.05, 4.69) is 5.32 Å². The lowest BCUT2D eigenvalue weighted by Crippen LogP contribution is -2.54. The van der Waals surface area contributed by atoms with Crippen LogP contribution in [0.1, 0.15) is 16.7 Å². The molecule has 4 rings (SSSR count). The highest BCUT2D eigenvalue weighted by Crippen LogP contribution is 2.36. The molecule has 0 saturated carbocycles. The number of imide groups is 2. The van der Waals surface area contributed by atoms with Crippen LogP contribution in [0.15, 0.2) is 60.2 Å². The van der Waals surface area contributed by atoms with Gasteiger partial charge in [0, 0.05) is 26.2 Å². The van der Waals surface area contributed by atoms with Crippen LogP contribution in [-0.4, -0.2) is 17.8 Å². The molecule has 6 nitrogen and oxygen atoms in total. The first kappa shape index (κ1) is 25.1. The number of nitrogens with zero attached hydrogens (tertiary/aromatic N) is 1. The number of ether oxygens (including phenoxy) is 1. The fourth-order valence-electron chi connectivity index (χ4n) is 3.46. The lowest BCUT2D eigenvalue weighted by Gasteiger charge is -2.27. The van der Waals surface area contributed by atoms with Crippen LogP contribution in [0.5, 0.6) is 5.75 Å². The second-order valence-electron chi connectivity index (χ2n) is 7.57. The van der Waals surface area contributed by atoms with Gasteiger partial charge in [0.25, 0.3) is 11.8 Å². The zero-order chi connectivity index (χ0) is 25.3. The molecule has 10 heteroatoms. The maximum atomic E-state index is 13.3. The molecule has 0 radical (unpaired) electrons. The maximum Gasteiger partial charge on any atom is 0.335 e. The number of amides is 4. The van der Waals surface area contributed by atoms with Gasteiger partial charge in [-0.15, -0.1) is 0 Å². The summed E-state index contributed by atoms with van der Waals surface area (Å²) in [5, 5.41) is 3.43. The summed E-state index contributed by atoms with van der Waals surface area (Å²) in [5.74, 6) is -1.52. The van der Waals surface area contributed by atoms with Crippen molar-refractivity contribution in [2.45, 2.75) is 13.5 Å². The van der Waals surface area contributed by atoms with Crippen molar-refractivity contribution in [1.82, 2.24) is 5.32 Å². The Balaban J connectivity index is 1.75. The lowest BCUT2D eigenvalue weighted by atomic mass is 10.0. The number of barbiturate groups is 1. The molecule has 1 heterocycles. The van der Waals surface area contributed by atoms with Gasteiger partial charge in [-0.25, -0.2) is 9.69 Å². The monoisotopic (exact) mass is 548 g/mol. The molecule has 0 spiro atoms. The molecule has 4 amide bonds. The van der Waals surface area contributed by atoms with Gasteiger partial charge in [-0.2, -0.15) is 0 Å². The summed E-state index contributed by atoms with van der Waals surface area (Å²) in [6.07, 6.45) is 1.27. The number of anilines is 1. The van der Waals surface area contributed by atoms with Crippen LogP contribution in [-0.2, 0) is 16.2 Å². The Bertz CT molecular complexity index is 1400. The van der Waals surface area contributed by atoms with Crippen molar-refractivity contribution in [2.24, 2.45) is 0 Å². The van der Waals surface area contributed by atoms with Gasteiger partial charge in [0.15, 0.2) is 0 Å². The molecule has 3 aromatic carbocycles. The van der Waals surface area contributed by atoms with Crippen molar-refractivity contribution in [3.05, 3.63) is 97.0 Å². The van der Waals surface area contributed by atoms with Crippen LogP contribution in [0.25, 0.3) is 6.08 Å². The fraction of sp³-hybridized carbons (Fsp3) is 0.0800. The highest BCUT2D eigenvalue weighted by atomic mass is 35.5. The molecule has 0 aliphatic carbocycles. The number of carbonyl (C=O) groups is 3. The number of nitrogens with one attached hydrogen (secondary N) is 1. The third kappa shape index (κ3) is 5.31. The van der Waals surface area contributed by atoms with Crippen LogP contribution in [0.3, 0.4) is 0 Å². The van der Waals surface area contributed by atoms with Crippen LogP contribution in [0, 0.1) is 6.92 Å². The minimum Gasteiger partial charge on any atom is -0.487 e. The minimum absolute atomic E-state index is 0.0731. The molecule has 0 unspecified atom stereocenters. The summed E-state index contributed by atoms with van der Waals surface area (Å²) in [6, 6.07) is 14.0. The predicted molar refractivity (Wildman–Crippen MR) is 137 cm³/mol. The maximum absolute atomic E-state index is 13.3. The molecule has 1 fully saturated rings. The molecule has 178 valence electrons. The summed E-state index contributed by atoms with van der Waals surface area (Å²) in [6.45, 7) is 1.78. The highest BCUT2D eigenvalue weighted by molar-refractivity contribution is 6.40. The van der Waals surface area contributed by atoms with Gasteiger partial charge in [0.2, 0.25) is 0 Å². The van der Waals surface area contributed by atoms with Gasteiger partial charge < -0.3 is 4.74 Å². The molecule has 35 heavy (non-hydrogen) atoms. The quantitative estimate of drug-likeness (QED) is 0.279. The van der Waals surface area contributed by atoms with Gasteiger partial charge in [0.1, 0.15) is 17.9 Å². The summed E-state index contributed by atoms with van der Waals surface area (Å²) in [5.41, 5.74) is 1.52. The SMILES string of the molecule is Cc1ccc(Cl)cc1N1C(=O)NC(=O)/C(=C\c2cc(Cl)cc(Cl)c2OCc2ccccc2Cl)C1=O. The van der Waals surface area contributed by atoms with Gasteiger partial charge in [0.05, 0.1) is 10.7 Å². The predicted octanol–water partition coefficient (Wildman–Crippen LogP) is 6.85.